The van der Waals surface area contributed by atoms with E-state index in [1.807, 2.05) is 18.2 Å². The van der Waals surface area contributed by atoms with Crippen LogP contribution in [0.2, 0.25) is 0 Å². The van der Waals surface area contributed by atoms with Gasteiger partial charge in [0.2, 0.25) is 0 Å². The summed E-state index contributed by atoms with van der Waals surface area (Å²) in [6.07, 6.45) is 0.557. The molecule has 0 radical (unpaired) electrons. The highest BCUT2D eigenvalue weighted by atomic mass is 16.5. The molecule has 0 N–H and O–H groups in total. The van der Waals surface area contributed by atoms with Gasteiger partial charge in [0.05, 0.1) is 20.3 Å². The quantitative estimate of drug-likeness (QED) is 0.743. The number of hydrogen-bond donors (Lipinski definition) is 0. The van der Waals surface area contributed by atoms with E-state index in [9.17, 15) is 0 Å². The zero-order valence-electron chi connectivity index (χ0n) is 11.3. The Morgan fingerprint density at radius 1 is 1.22 bits per heavy atom. The highest BCUT2D eigenvalue weighted by molar-refractivity contribution is 5.42. The highest BCUT2D eigenvalue weighted by Gasteiger charge is 2.07. The molecule has 0 heterocycles. The molecule has 0 atom stereocenters. The van der Waals surface area contributed by atoms with Gasteiger partial charge < -0.3 is 9.47 Å². The minimum atomic E-state index is 0.557. The Morgan fingerprint density at radius 3 is 2.50 bits per heavy atom. The van der Waals surface area contributed by atoms with E-state index in [1.165, 1.54) is 0 Å². The molecule has 0 fully saturated rings. The summed E-state index contributed by atoms with van der Waals surface area (Å²) in [5, 5.41) is 8.61. The molecule has 0 bridgehead atoms. The van der Waals surface area contributed by atoms with Crippen molar-refractivity contribution in [2.24, 2.45) is 0 Å². The van der Waals surface area contributed by atoms with Crippen LogP contribution in [0.1, 0.15) is 18.9 Å². The number of rotatable bonds is 7. The predicted octanol–water partition coefficient (Wildman–Crippen LogP) is 2.44. The molecule has 1 rings (SSSR count). The third-order valence-corrected chi connectivity index (χ3v) is 2.84. The molecule has 4 nitrogen and oxygen atoms in total. The summed E-state index contributed by atoms with van der Waals surface area (Å²) in [5.74, 6) is 1.48. The van der Waals surface area contributed by atoms with Gasteiger partial charge in [0, 0.05) is 19.5 Å². The van der Waals surface area contributed by atoms with Crippen LogP contribution in [-0.2, 0) is 6.54 Å². The molecule has 1 aromatic carbocycles. The van der Waals surface area contributed by atoms with Gasteiger partial charge in [-0.3, -0.25) is 4.90 Å². The first-order valence-electron chi connectivity index (χ1n) is 6.05. The molecule has 0 saturated heterocycles. The molecule has 0 saturated carbocycles. The molecular weight excluding hydrogens is 228 g/mol. The number of methoxy groups -OCH3 is 2. The number of ether oxygens (including phenoxy) is 2. The van der Waals surface area contributed by atoms with E-state index in [0.717, 1.165) is 36.7 Å². The average Bonchev–Trinajstić information content (AvgIpc) is 2.43. The average molecular weight is 248 g/mol. The SMILES string of the molecule is CCN(CCC#N)Cc1ccc(OC)c(OC)c1. The zero-order valence-corrected chi connectivity index (χ0v) is 11.3. The summed E-state index contributed by atoms with van der Waals surface area (Å²) in [6.45, 7) is 4.63. The summed E-state index contributed by atoms with van der Waals surface area (Å²) in [4.78, 5) is 2.23. The normalized spacial score (nSPS) is 10.2. The van der Waals surface area contributed by atoms with Crippen LogP contribution in [0.4, 0.5) is 0 Å². The number of nitrogens with zero attached hydrogens (tertiary/aromatic N) is 2. The van der Waals surface area contributed by atoms with Crippen molar-refractivity contribution < 1.29 is 9.47 Å². The van der Waals surface area contributed by atoms with Crippen molar-refractivity contribution in [3.63, 3.8) is 0 Å². The van der Waals surface area contributed by atoms with Crippen LogP contribution in [0, 0.1) is 11.3 Å². The van der Waals surface area contributed by atoms with Crippen LogP contribution < -0.4 is 9.47 Å². The van der Waals surface area contributed by atoms with Crippen molar-refractivity contribution in [2.45, 2.75) is 19.9 Å². The van der Waals surface area contributed by atoms with Crippen LogP contribution in [0.3, 0.4) is 0 Å². The summed E-state index contributed by atoms with van der Waals surface area (Å²) >= 11 is 0. The first-order chi connectivity index (χ1) is 8.74. The van der Waals surface area contributed by atoms with Crippen LogP contribution in [0.5, 0.6) is 11.5 Å². The Kier molecular flexibility index (Phi) is 6.03. The van der Waals surface area contributed by atoms with Crippen molar-refractivity contribution in [2.75, 3.05) is 27.3 Å². The van der Waals surface area contributed by atoms with E-state index in [-0.39, 0.29) is 0 Å². The van der Waals surface area contributed by atoms with E-state index in [4.69, 9.17) is 14.7 Å². The van der Waals surface area contributed by atoms with E-state index in [2.05, 4.69) is 17.9 Å². The van der Waals surface area contributed by atoms with Crippen LogP contribution in [0.25, 0.3) is 0 Å². The van der Waals surface area contributed by atoms with Crippen molar-refractivity contribution in [3.05, 3.63) is 23.8 Å². The van der Waals surface area contributed by atoms with E-state index < -0.39 is 0 Å². The fourth-order valence-corrected chi connectivity index (χ4v) is 1.79. The second-order valence-electron chi connectivity index (χ2n) is 3.97. The van der Waals surface area contributed by atoms with E-state index in [1.54, 1.807) is 14.2 Å². The highest BCUT2D eigenvalue weighted by Crippen LogP contribution is 2.27. The standard InChI is InChI=1S/C14H20N2O2/c1-4-16(9-5-8-15)11-12-6-7-13(17-2)14(10-12)18-3/h6-7,10H,4-5,9,11H2,1-3H3. The molecule has 1 aromatic rings. The lowest BCUT2D eigenvalue weighted by Gasteiger charge is -2.19. The van der Waals surface area contributed by atoms with Gasteiger partial charge in [0.25, 0.3) is 0 Å². The molecule has 0 aromatic heterocycles. The minimum Gasteiger partial charge on any atom is -0.493 e. The number of hydrogen-bond acceptors (Lipinski definition) is 4. The smallest absolute Gasteiger partial charge is 0.161 e. The molecule has 0 aliphatic heterocycles. The van der Waals surface area contributed by atoms with Gasteiger partial charge in [-0.2, -0.15) is 5.26 Å². The lowest BCUT2D eigenvalue weighted by Crippen LogP contribution is -2.23. The topological polar surface area (TPSA) is 45.5 Å². The second kappa shape index (κ2) is 7.57. The third-order valence-electron chi connectivity index (χ3n) is 2.84. The van der Waals surface area contributed by atoms with Gasteiger partial charge in [-0.05, 0) is 24.2 Å². The van der Waals surface area contributed by atoms with Gasteiger partial charge >= 0.3 is 0 Å². The number of benzene rings is 1. The Bertz CT molecular complexity index is 413. The van der Waals surface area contributed by atoms with Crippen LogP contribution >= 0.6 is 0 Å². The largest absolute Gasteiger partial charge is 0.493 e. The molecular formula is C14H20N2O2. The van der Waals surface area contributed by atoms with Crippen LogP contribution in [0.15, 0.2) is 18.2 Å². The van der Waals surface area contributed by atoms with Gasteiger partial charge in [-0.25, -0.2) is 0 Å². The summed E-state index contributed by atoms with van der Waals surface area (Å²) in [5.41, 5.74) is 1.16. The fourth-order valence-electron chi connectivity index (χ4n) is 1.79. The van der Waals surface area contributed by atoms with Crippen molar-refractivity contribution >= 4 is 0 Å². The third kappa shape index (κ3) is 3.94. The molecule has 0 spiro atoms. The summed E-state index contributed by atoms with van der Waals surface area (Å²) in [7, 11) is 3.26. The first-order valence-corrected chi connectivity index (χ1v) is 6.05. The number of nitriles is 1. The van der Waals surface area contributed by atoms with Gasteiger partial charge in [-0.15, -0.1) is 0 Å². The molecule has 18 heavy (non-hydrogen) atoms. The van der Waals surface area contributed by atoms with Gasteiger partial charge in [0.1, 0.15) is 0 Å². The molecule has 0 aliphatic rings. The van der Waals surface area contributed by atoms with E-state index >= 15 is 0 Å². The Morgan fingerprint density at radius 2 is 1.94 bits per heavy atom. The Hall–Kier alpha value is -1.73. The van der Waals surface area contributed by atoms with E-state index in [0.29, 0.717) is 6.42 Å². The van der Waals surface area contributed by atoms with Crippen LogP contribution in [-0.4, -0.2) is 32.2 Å². The molecule has 0 unspecified atom stereocenters. The monoisotopic (exact) mass is 248 g/mol. The minimum absolute atomic E-state index is 0.557. The van der Waals surface area contributed by atoms with Gasteiger partial charge in [-0.1, -0.05) is 13.0 Å². The predicted molar refractivity (Wildman–Crippen MR) is 70.7 cm³/mol. The maximum Gasteiger partial charge on any atom is 0.161 e. The zero-order chi connectivity index (χ0) is 13.4. The maximum absolute atomic E-state index is 8.61. The Labute approximate surface area is 109 Å². The summed E-state index contributed by atoms with van der Waals surface area (Å²) < 4.78 is 10.5. The molecule has 98 valence electrons. The molecule has 0 amide bonds. The maximum atomic E-state index is 8.61. The van der Waals surface area contributed by atoms with Crippen molar-refractivity contribution in [1.29, 1.82) is 5.26 Å². The van der Waals surface area contributed by atoms with Gasteiger partial charge in [0.15, 0.2) is 11.5 Å². The van der Waals surface area contributed by atoms with Crippen molar-refractivity contribution in [3.8, 4) is 17.6 Å². The molecule has 0 aliphatic carbocycles. The second-order valence-corrected chi connectivity index (χ2v) is 3.97. The lowest BCUT2D eigenvalue weighted by atomic mass is 10.2. The Balaban J connectivity index is 2.74. The fraction of sp³-hybridized carbons (Fsp3) is 0.500. The summed E-state index contributed by atoms with van der Waals surface area (Å²) in [6, 6.07) is 8.09. The first kappa shape index (κ1) is 14.3. The van der Waals surface area contributed by atoms with Crippen molar-refractivity contribution in [1.82, 2.24) is 4.90 Å². The lowest BCUT2D eigenvalue weighted by molar-refractivity contribution is 0.285. The molecule has 4 heteroatoms.